The number of hydrogen-bond acceptors (Lipinski definition) is 3. The second kappa shape index (κ2) is 5.61. The number of ether oxygens (including phenoxy) is 1. The van der Waals surface area contributed by atoms with Crippen LogP contribution in [0.3, 0.4) is 0 Å². The first-order valence-corrected chi connectivity index (χ1v) is 7.35. The topological polar surface area (TPSA) is 41.5 Å². The summed E-state index contributed by atoms with van der Waals surface area (Å²) in [6, 6.07) is 11.0. The zero-order valence-electron chi connectivity index (χ0n) is 11.3. The molecule has 0 spiro atoms. The molecule has 1 saturated carbocycles. The molecule has 1 aliphatic heterocycles. The first-order chi connectivity index (χ1) is 9.27. The second-order valence-electron chi connectivity index (χ2n) is 5.94. The third kappa shape index (κ3) is 3.35. The van der Waals surface area contributed by atoms with Gasteiger partial charge in [0.15, 0.2) is 0 Å². The molecule has 1 atom stereocenters. The molecule has 3 heteroatoms. The molecular formula is C16H23NO2. The summed E-state index contributed by atoms with van der Waals surface area (Å²) in [5, 5.41) is 14.1. The summed E-state index contributed by atoms with van der Waals surface area (Å²) >= 11 is 0. The molecule has 1 heterocycles. The van der Waals surface area contributed by atoms with Crippen molar-refractivity contribution in [2.45, 2.75) is 37.3 Å². The molecular weight excluding hydrogens is 238 g/mol. The van der Waals surface area contributed by atoms with Gasteiger partial charge in [0.1, 0.15) is 0 Å². The first-order valence-electron chi connectivity index (χ1n) is 7.35. The van der Waals surface area contributed by atoms with Crippen molar-refractivity contribution in [1.82, 2.24) is 5.32 Å². The molecule has 2 N–H and O–H groups in total. The predicted molar refractivity (Wildman–Crippen MR) is 74.9 cm³/mol. The third-order valence-electron chi connectivity index (χ3n) is 4.33. The molecule has 104 valence electrons. The molecule has 1 unspecified atom stereocenters. The highest BCUT2D eigenvalue weighted by molar-refractivity contribution is 5.21. The van der Waals surface area contributed by atoms with E-state index in [0.717, 1.165) is 18.8 Å². The van der Waals surface area contributed by atoms with Crippen LogP contribution in [0.2, 0.25) is 0 Å². The van der Waals surface area contributed by atoms with E-state index in [1.54, 1.807) is 0 Å². The largest absolute Gasteiger partial charge is 0.388 e. The molecule has 2 fully saturated rings. The average molecular weight is 261 g/mol. The Hall–Kier alpha value is -0.900. The summed E-state index contributed by atoms with van der Waals surface area (Å²) in [7, 11) is 0. The predicted octanol–water partition coefficient (Wildman–Crippen LogP) is 2.27. The van der Waals surface area contributed by atoms with Crippen molar-refractivity contribution in [3.8, 4) is 0 Å². The van der Waals surface area contributed by atoms with Gasteiger partial charge in [0.25, 0.3) is 0 Å². The summed E-state index contributed by atoms with van der Waals surface area (Å²) in [5.74, 6) is 0.742. The molecule has 1 aromatic carbocycles. The quantitative estimate of drug-likeness (QED) is 0.854. The number of rotatable bonds is 5. The maximum absolute atomic E-state index is 10.5. The van der Waals surface area contributed by atoms with Gasteiger partial charge in [0, 0.05) is 38.6 Å². The van der Waals surface area contributed by atoms with Gasteiger partial charge in [-0.05, 0) is 24.3 Å². The molecule has 0 aromatic heterocycles. The van der Waals surface area contributed by atoms with Gasteiger partial charge in [-0.25, -0.2) is 0 Å². The van der Waals surface area contributed by atoms with E-state index in [9.17, 15) is 5.11 Å². The highest BCUT2D eigenvalue weighted by atomic mass is 16.5. The van der Waals surface area contributed by atoms with Crippen LogP contribution in [0.1, 0.15) is 37.3 Å². The number of nitrogens with one attached hydrogen (secondary N) is 1. The van der Waals surface area contributed by atoms with Gasteiger partial charge >= 0.3 is 0 Å². The number of hydrogen-bond donors (Lipinski definition) is 2. The fourth-order valence-corrected chi connectivity index (χ4v) is 2.87. The van der Waals surface area contributed by atoms with Crippen LogP contribution >= 0.6 is 0 Å². The molecule has 1 saturated heterocycles. The lowest BCUT2D eigenvalue weighted by molar-refractivity contribution is -0.0631. The van der Waals surface area contributed by atoms with Gasteiger partial charge in [-0.3, -0.25) is 0 Å². The van der Waals surface area contributed by atoms with E-state index >= 15 is 0 Å². The second-order valence-corrected chi connectivity index (χ2v) is 5.94. The fraction of sp³-hybridized carbons (Fsp3) is 0.625. The Morgan fingerprint density at radius 3 is 2.53 bits per heavy atom. The summed E-state index contributed by atoms with van der Waals surface area (Å²) < 4.78 is 5.33. The maximum atomic E-state index is 10.5. The normalized spacial score (nSPS) is 24.1. The highest BCUT2D eigenvalue weighted by Crippen LogP contribution is 2.41. The molecule has 2 aliphatic rings. The van der Waals surface area contributed by atoms with Gasteiger partial charge in [-0.15, -0.1) is 0 Å². The monoisotopic (exact) mass is 261 g/mol. The molecule has 0 bridgehead atoms. The van der Waals surface area contributed by atoms with Crippen molar-refractivity contribution >= 4 is 0 Å². The van der Waals surface area contributed by atoms with Crippen LogP contribution in [-0.4, -0.2) is 30.5 Å². The van der Waals surface area contributed by atoms with Crippen LogP contribution < -0.4 is 5.32 Å². The van der Waals surface area contributed by atoms with Crippen molar-refractivity contribution in [2.75, 3.05) is 19.8 Å². The number of benzene rings is 1. The van der Waals surface area contributed by atoms with Crippen LogP contribution in [0.15, 0.2) is 30.3 Å². The van der Waals surface area contributed by atoms with Crippen LogP contribution in [0, 0.1) is 5.92 Å². The van der Waals surface area contributed by atoms with E-state index in [-0.39, 0.29) is 0 Å². The number of aliphatic hydroxyl groups is 1. The third-order valence-corrected chi connectivity index (χ3v) is 4.33. The highest BCUT2D eigenvalue weighted by Gasteiger charge is 2.35. The van der Waals surface area contributed by atoms with E-state index in [4.69, 9.17) is 4.74 Å². The Morgan fingerprint density at radius 2 is 1.89 bits per heavy atom. The van der Waals surface area contributed by atoms with Gasteiger partial charge in [0.2, 0.25) is 0 Å². The van der Waals surface area contributed by atoms with Crippen LogP contribution in [-0.2, 0) is 4.74 Å². The molecule has 19 heavy (non-hydrogen) atoms. The van der Waals surface area contributed by atoms with Crippen LogP contribution in [0.25, 0.3) is 0 Å². The first kappa shape index (κ1) is 13.1. The lowest BCUT2D eigenvalue weighted by atomic mass is 9.93. The minimum Gasteiger partial charge on any atom is -0.388 e. The maximum Gasteiger partial charge on any atom is 0.0815 e. The van der Waals surface area contributed by atoms with Gasteiger partial charge < -0.3 is 15.2 Å². The summed E-state index contributed by atoms with van der Waals surface area (Å²) in [4.78, 5) is 0. The van der Waals surface area contributed by atoms with E-state index < -0.39 is 5.60 Å². The Kier molecular flexibility index (Phi) is 3.87. The van der Waals surface area contributed by atoms with Gasteiger partial charge in [0.05, 0.1) is 5.60 Å². The molecule has 1 aromatic rings. The van der Waals surface area contributed by atoms with Crippen molar-refractivity contribution in [1.29, 1.82) is 0 Å². The summed E-state index contributed by atoms with van der Waals surface area (Å²) in [6.45, 7) is 2.03. The average Bonchev–Trinajstić information content (AvgIpc) is 3.26. The van der Waals surface area contributed by atoms with Crippen molar-refractivity contribution in [3.63, 3.8) is 0 Å². The standard InChI is InChI=1S/C16H23NO2/c18-16(8-10-19-11-9-16)12-17-15(14-6-7-14)13-4-2-1-3-5-13/h1-5,14-15,17-18H,6-12H2. The van der Waals surface area contributed by atoms with E-state index in [1.807, 2.05) is 0 Å². The Balaban J connectivity index is 1.62. The smallest absolute Gasteiger partial charge is 0.0815 e. The minimum absolute atomic E-state index is 0.396. The van der Waals surface area contributed by atoms with Gasteiger partial charge in [-0.2, -0.15) is 0 Å². The van der Waals surface area contributed by atoms with Crippen LogP contribution in [0.5, 0.6) is 0 Å². The van der Waals surface area contributed by atoms with Crippen molar-refractivity contribution < 1.29 is 9.84 Å². The minimum atomic E-state index is -0.583. The van der Waals surface area contributed by atoms with E-state index in [0.29, 0.717) is 25.8 Å². The SMILES string of the molecule is OC1(CNC(c2ccccc2)C2CC2)CCOCC1. The molecule has 0 radical (unpaired) electrons. The van der Waals surface area contributed by atoms with E-state index in [2.05, 4.69) is 35.6 Å². The van der Waals surface area contributed by atoms with E-state index in [1.165, 1.54) is 18.4 Å². The zero-order valence-corrected chi connectivity index (χ0v) is 11.3. The molecule has 1 aliphatic carbocycles. The lowest BCUT2D eigenvalue weighted by Crippen LogP contribution is -2.46. The van der Waals surface area contributed by atoms with Crippen molar-refractivity contribution in [2.24, 2.45) is 5.92 Å². The Labute approximate surface area is 115 Å². The van der Waals surface area contributed by atoms with Crippen molar-refractivity contribution in [3.05, 3.63) is 35.9 Å². The molecule has 3 nitrogen and oxygen atoms in total. The van der Waals surface area contributed by atoms with Crippen LogP contribution in [0.4, 0.5) is 0 Å². The summed E-state index contributed by atoms with van der Waals surface area (Å²) in [5.41, 5.74) is 0.765. The lowest BCUT2D eigenvalue weighted by Gasteiger charge is -2.34. The Bertz CT molecular complexity index is 396. The molecule has 0 amide bonds. The Morgan fingerprint density at radius 1 is 1.21 bits per heavy atom. The molecule has 3 rings (SSSR count). The zero-order chi connectivity index (χ0) is 13.1. The fourth-order valence-electron chi connectivity index (χ4n) is 2.87. The summed E-state index contributed by atoms with van der Waals surface area (Å²) in [6.07, 6.45) is 4.08. The van der Waals surface area contributed by atoms with Gasteiger partial charge in [-0.1, -0.05) is 30.3 Å².